The molecule has 0 radical (unpaired) electrons. The minimum atomic E-state index is -0.964. The topological polar surface area (TPSA) is 75.3 Å². The van der Waals surface area contributed by atoms with Gasteiger partial charge in [-0.05, 0) is 18.1 Å². The number of carboxylic acid groups (broad SMARTS) is 1. The quantitative estimate of drug-likeness (QED) is 0.855. The van der Waals surface area contributed by atoms with Gasteiger partial charge in [0.1, 0.15) is 5.56 Å². The lowest BCUT2D eigenvalue weighted by molar-refractivity contribution is 0.0696. The molecule has 5 nitrogen and oxygen atoms in total. The number of aromatic nitrogens is 2. The maximum atomic E-state index is 10.9. The zero-order valence-corrected chi connectivity index (χ0v) is 10.00. The zero-order chi connectivity index (χ0) is 13.1. The average molecular weight is 246 g/mol. The summed E-state index contributed by atoms with van der Waals surface area (Å²) in [5.74, 6) is -0.964. The van der Waals surface area contributed by atoms with Crippen molar-refractivity contribution in [3.63, 3.8) is 0 Å². The molecule has 0 unspecified atom stereocenters. The third-order valence-electron chi connectivity index (χ3n) is 2.87. The molecule has 0 spiro atoms. The van der Waals surface area contributed by atoms with Crippen molar-refractivity contribution in [2.24, 2.45) is 0 Å². The van der Waals surface area contributed by atoms with Gasteiger partial charge in [0.15, 0.2) is 0 Å². The summed E-state index contributed by atoms with van der Waals surface area (Å²) < 4.78 is 1.65. The Morgan fingerprint density at radius 1 is 1.28 bits per heavy atom. The van der Waals surface area contributed by atoms with E-state index in [9.17, 15) is 4.79 Å². The summed E-state index contributed by atoms with van der Waals surface area (Å²) in [4.78, 5) is 10.9. The van der Waals surface area contributed by atoms with Gasteiger partial charge < -0.3 is 10.2 Å². The summed E-state index contributed by atoms with van der Waals surface area (Å²) in [6.45, 7) is 2.27. The largest absolute Gasteiger partial charge is 0.478 e. The number of carboxylic acids is 1. The van der Waals surface area contributed by atoms with E-state index >= 15 is 0 Å². The number of nitrogens with zero attached hydrogens (tertiary/aromatic N) is 2. The minimum absolute atomic E-state index is 0.0181. The summed E-state index contributed by atoms with van der Waals surface area (Å²) in [5.41, 5.74) is 2.72. The first-order valence-corrected chi connectivity index (χ1v) is 5.56. The van der Waals surface area contributed by atoms with Crippen molar-refractivity contribution in [2.75, 3.05) is 0 Å². The number of aliphatic hydroxyl groups excluding tert-OH is 1. The van der Waals surface area contributed by atoms with Crippen molar-refractivity contribution in [1.82, 2.24) is 9.78 Å². The van der Waals surface area contributed by atoms with Gasteiger partial charge >= 0.3 is 5.97 Å². The molecule has 0 saturated heterocycles. The van der Waals surface area contributed by atoms with Crippen LogP contribution >= 0.6 is 0 Å². The molecule has 0 fully saturated rings. The van der Waals surface area contributed by atoms with Crippen molar-refractivity contribution in [3.05, 3.63) is 52.8 Å². The van der Waals surface area contributed by atoms with Crippen molar-refractivity contribution >= 4 is 5.97 Å². The number of hydrogen-bond donors (Lipinski definition) is 2. The Morgan fingerprint density at radius 3 is 2.39 bits per heavy atom. The molecule has 2 N–H and O–H groups in total. The fourth-order valence-corrected chi connectivity index (χ4v) is 1.74. The van der Waals surface area contributed by atoms with E-state index < -0.39 is 5.97 Å². The molecule has 1 heterocycles. The van der Waals surface area contributed by atoms with Crippen LogP contribution in [0.15, 0.2) is 30.5 Å². The highest BCUT2D eigenvalue weighted by Crippen LogP contribution is 2.11. The summed E-state index contributed by atoms with van der Waals surface area (Å²) in [5, 5.41) is 21.9. The van der Waals surface area contributed by atoms with Gasteiger partial charge in [0.2, 0.25) is 0 Å². The standard InChI is InChI=1S/C13H14N2O3/c1-9-12(13(17)18)6-14-15(9)7-10-2-4-11(8-16)5-3-10/h2-6,16H,7-8H2,1H3,(H,17,18). The highest BCUT2D eigenvalue weighted by atomic mass is 16.4. The van der Waals surface area contributed by atoms with E-state index in [1.54, 1.807) is 11.6 Å². The van der Waals surface area contributed by atoms with Crippen LogP contribution in [0.25, 0.3) is 0 Å². The van der Waals surface area contributed by atoms with Gasteiger partial charge in [-0.15, -0.1) is 0 Å². The second-order valence-electron chi connectivity index (χ2n) is 4.08. The van der Waals surface area contributed by atoms with Crippen LogP contribution < -0.4 is 0 Å². The van der Waals surface area contributed by atoms with E-state index in [2.05, 4.69) is 5.10 Å². The van der Waals surface area contributed by atoms with Gasteiger partial charge in [-0.3, -0.25) is 4.68 Å². The van der Waals surface area contributed by atoms with Gasteiger partial charge in [0.05, 0.1) is 25.0 Å². The van der Waals surface area contributed by atoms with E-state index in [1.807, 2.05) is 24.3 Å². The van der Waals surface area contributed by atoms with Crippen LogP contribution in [0, 0.1) is 6.92 Å². The zero-order valence-electron chi connectivity index (χ0n) is 10.00. The van der Waals surface area contributed by atoms with Gasteiger partial charge in [-0.2, -0.15) is 5.10 Å². The Labute approximate surface area is 104 Å². The van der Waals surface area contributed by atoms with Crippen molar-refractivity contribution in [1.29, 1.82) is 0 Å². The molecule has 0 saturated carbocycles. The molecule has 1 aromatic carbocycles. The summed E-state index contributed by atoms with van der Waals surface area (Å²) in [7, 11) is 0. The summed E-state index contributed by atoms with van der Waals surface area (Å²) in [6, 6.07) is 7.47. The SMILES string of the molecule is Cc1c(C(=O)O)cnn1Cc1ccc(CO)cc1. The van der Waals surface area contributed by atoms with Gasteiger partial charge in [0.25, 0.3) is 0 Å². The second-order valence-corrected chi connectivity index (χ2v) is 4.08. The van der Waals surface area contributed by atoms with Crippen molar-refractivity contribution in [3.8, 4) is 0 Å². The van der Waals surface area contributed by atoms with Crippen LogP contribution in [0.3, 0.4) is 0 Å². The molecule has 0 amide bonds. The second kappa shape index (κ2) is 5.01. The number of rotatable bonds is 4. The molecule has 5 heteroatoms. The van der Waals surface area contributed by atoms with Crippen LogP contribution in [0.2, 0.25) is 0 Å². The maximum absolute atomic E-state index is 10.9. The summed E-state index contributed by atoms with van der Waals surface area (Å²) >= 11 is 0. The first-order valence-electron chi connectivity index (χ1n) is 5.56. The monoisotopic (exact) mass is 246 g/mol. The van der Waals surface area contributed by atoms with E-state index in [0.717, 1.165) is 11.1 Å². The molecule has 0 aliphatic rings. The Kier molecular flexibility index (Phi) is 3.43. The fourth-order valence-electron chi connectivity index (χ4n) is 1.74. The minimum Gasteiger partial charge on any atom is -0.478 e. The normalized spacial score (nSPS) is 10.6. The van der Waals surface area contributed by atoms with Gasteiger partial charge in [-0.25, -0.2) is 4.79 Å². The number of aliphatic hydroxyl groups is 1. The lowest BCUT2D eigenvalue weighted by Gasteiger charge is -2.05. The molecular formula is C13H14N2O3. The highest BCUT2D eigenvalue weighted by Gasteiger charge is 2.12. The Bertz CT molecular complexity index is 558. The Morgan fingerprint density at radius 2 is 1.89 bits per heavy atom. The molecule has 2 rings (SSSR count). The fraction of sp³-hybridized carbons (Fsp3) is 0.231. The molecule has 0 bridgehead atoms. The molecule has 2 aromatic rings. The van der Waals surface area contributed by atoms with Crippen LogP contribution in [-0.2, 0) is 13.2 Å². The number of carbonyl (C=O) groups is 1. The molecule has 94 valence electrons. The van der Waals surface area contributed by atoms with E-state index in [1.165, 1.54) is 6.20 Å². The first-order chi connectivity index (χ1) is 8.61. The maximum Gasteiger partial charge on any atom is 0.339 e. The van der Waals surface area contributed by atoms with Crippen LogP contribution in [0.1, 0.15) is 27.2 Å². The first kappa shape index (κ1) is 12.3. The Balaban J connectivity index is 2.20. The van der Waals surface area contributed by atoms with Crippen LogP contribution in [0.4, 0.5) is 0 Å². The number of benzene rings is 1. The lowest BCUT2D eigenvalue weighted by atomic mass is 10.1. The van der Waals surface area contributed by atoms with E-state index in [-0.39, 0.29) is 12.2 Å². The lowest BCUT2D eigenvalue weighted by Crippen LogP contribution is -2.06. The van der Waals surface area contributed by atoms with Gasteiger partial charge in [0, 0.05) is 0 Å². The van der Waals surface area contributed by atoms with Crippen molar-refractivity contribution in [2.45, 2.75) is 20.1 Å². The number of aromatic carboxylic acids is 1. The Hall–Kier alpha value is -2.14. The predicted molar refractivity (Wildman–Crippen MR) is 65.4 cm³/mol. The number of hydrogen-bond acceptors (Lipinski definition) is 3. The summed E-state index contributed by atoms with van der Waals surface area (Å²) in [6.07, 6.45) is 1.36. The van der Waals surface area contributed by atoms with Crippen LogP contribution in [-0.4, -0.2) is 26.0 Å². The molecule has 1 aromatic heterocycles. The van der Waals surface area contributed by atoms with E-state index in [0.29, 0.717) is 12.2 Å². The third-order valence-corrected chi connectivity index (χ3v) is 2.87. The predicted octanol–water partition coefficient (Wildman–Crippen LogP) is 1.43. The molecule has 0 atom stereocenters. The van der Waals surface area contributed by atoms with Crippen molar-refractivity contribution < 1.29 is 15.0 Å². The van der Waals surface area contributed by atoms with E-state index in [4.69, 9.17) is 10.2 Å². The average Bonchev–Trinajstić information content (AvgIpc) is 2.72. The smallest absolute Gasteiger partial charge is 0.339 e. The highest BCUT2D eigenvalue weighted by molar-refractivity contribution is 5.88. The molecule has 0 aliphatic carbocycles. The molecule has 18 heavy (non-hydrogen) atoms. The molecule has 0 aliphatic heterocycles. The molecular weight excluding hydrogens is 232 g/mol. The van der Waals surface area contributed by atoms with Crippen LogP contribution in [0.5, 0.6) is 0 Å². The third kappa shape index (κ3) is 2.41. The van der Waals surface area contributed by atoms with Gasteiger partial charge in [-0.1, -0.05) is 24.3 Å².